The minimum Gasteiger partial charge on any atom is -0.355 e. The van der Waals surface area contributed by atoms with E-state index in [1.165, 1.54) is 6.07 Å². The zero-order valence-electron chi connectivity index (χ0n) is 21.2. The van der Waals surface area contributed by atoms with Gasteiger partial charge in [0, 0.05) is 42.0 Å². The molecular formula is C27H25ClF6N6. The van der Waals surface area contributed by atoms with E-state index in [1.807, 2.05) is 26.5 Å². The molecule has 13 heteroatoms. The molecule has 2 aromatic heterocycles. The maximum Gasteiger partial charge on any atom is 0.391 e. The molecule has 212 valence electrons. The number of pyridine rings is 1. The van der Waals surface area contributed by atoms with Gasteiger partial charge in [-0.25, -0.2) is 18.2 Å². The number of fused-ring (bicyclic) bond motifs is 3. The van der Waals surface area contributed by atoms with Gasteiger partial charge in [0.05, 0.1) is 18.2 Å². The number of benzene rings is 1. The van der Waals surface area contributed by atoms with E-state index in [9.17, 15) is 26.3 Å². The van der Waals surface area contributed by atoms with Crippen LogP contribution in [-0.4, -0.2) is 50.0 Å². The molecule has 0 amide bonds. The quantitative estimate of drug-likeness (QED) is 0.332. The van der Waals surface area contributed by atoms with Gasteiger partial charge in [0.2, 0.25) is 0 Å². The second-order valence-corrected chi connectivity index (χ2v) is 12.1. The van der Waals surface area contributed by atoms with E-state index in [1.54, 1.807) is 6.07 Å². The van der Waals surface area contributed by atoms with Gasteiger partial charge < -0.3 is 4.90 Å². The molecule has 1 aromatic carbocycles. The number of nitrogens with zero attached hydrogens (tertiary/aromatic N) is 6. The molecule has 7 rings (SSSR count). The van der Waals surface area contributed by atoms with E-state index < -0.39 is 30.0 Å². The van der Waals surface area contributed by atoms with Crippen LogP contribution >= 0.6 is 11.6 Å². The minimum atomic E-state index is -4.17. The van der Waals surface area contributed by atoms with Crippen LogP contribution in [0.1, 0.15) is 60.9 Å². The zero-order chi connectivity index (χ0) is 28.0. The Kier molecular flexibility index (Phi) is 5.91. The van der Waals surface area contributed by atoms with Gasteiger partial charge >= 0.3 is 6.18 Å². The van der Waals surface area contributed by atoms with Gasteiger partial charge in [-0.2, -0.15) is 13.2 Å². The third kappa shape index (κ3) is 4.25. The lowest BCUT2D eigenvalue weighted by molar-refractivity contribution is -0.207. The van der Waals surface area contributed by atoms with Gasteiger partial charge in [-0.05, 0) is 61.6 Å². The topological polar surface area (TPSA) is 50.1 Å². The normalized spacial score (nSPS) is 24.2. The Morgan fingerprint density at radius 1 is 1.00 bits per heavy atom. The molecule has 2 aliphatic carbocycles. The van der Waals surface area contributed by atoms with Crippen LogP contribution in [0.5, 0.6) is 0 Å². The summed E-state index contributed by atoms with van der Waals surface area (Å²) in [7, 11) is 0. The molecule has 4 heterocycles. The summed E-state index contributed by atoms with van der Waals surface area (Å²) in [5.74, 6) is -0.314. The molecule has 0 atom stereocenters. The van der Waals surface area contributed by atoms with Crippen molar-refractivity contribution >= 4 is 17.4 Å². The van der Waals surface area contributed by atoms with Gasteiger partial charge in [0.15, 0.2) is 11.6 Å². The molecule has 3 aromatic rings. The summed E-state index contributed by atoms with van der Waals surface area (Å²) >= 11 is 6.31. The third-order valence-electron chi connectivity index (χ3n) is 9.01. The fourth-order valence-electron chi connectivity index (χ4n) is 6.85. The molecule has 6 nitrogen and oxygen atoms in total. The van der Waals surface area contributed by atoms with Crippen LogP contribution in [0.15, 0.2) is 30.3 Å². The number of rotatable bonds is 4. The first-order valence-corrected chi connectivity index (χ1v) is 13.6. The molecule has 40 heavy (non-hydrogen) atoms. The lowest BCUT2D eigenvalue weighted by Gasteiger charge is -2.59. The standard InChI is InChI=1S/C27H25ClF6N6/c28-17-1-3-20-14(5-17)10-38(18-6-16(7-18)27(32,33)34)11-22-36-37-25(40(20)22)15-8-26(9-15)12-39(13-26)21-4-2-19(29)23(35-21)24(30)31/h1-5,15-16,18,24H,6-13H2. The molecule has 3 fully saturated rings. The average Bonchev–Trinajstić information content (AvgIpc) is 3.11. The Balaban J connectivity index is 1.09. The Morgan fingerprint density at radius 2 is 1.75 bits per heavy atom. The van der Waals surface area contributed by atoms with E-state index in [0.717, 1.165) is 36.0 Å². The minimum absolute atomic E-state index is 0.00372. The van der Waals surface area contributed by atoms with E-state index in [4.69, 9.17) is 11.6 Å². The second kappa shape index (κ2) is 9.07. The SMILES string of the molecule is Fc1ccc(N2CC3(CC(c4nnc5n4-c4ccc(Cl)cc4CN(C4CC(C(F)(F)F)C4)C5)C3)C2)nc1C(F)F. The van der Waals surface area contributed by atoms with Crippen molar-refractivity contribution in [2.24, 2.45) is 11.3 Å². The number of halogens is 7. The van der Waals surface area contributed by atoms with Crippen LogP contribution in [0.2, 0.25) is 5.02 Å². The molecule has 2 aliphatic heterocycles. The largest absolute Gasteiger partial charge is 0.391 e. The van der Waals surface area contributed by atoms with E-state index in [0.29, 0.717) is 42.8 Å². The molecule has 1 spiro atoms. The smallest absolute Gasteiger partial charge is 0.355 e. The zero-order valence-corrected chi connectivity index (χ0v) is 21.9. The van der Waals surface area contributed by atoms with E-state index in [-0.39, 0.29) is 30.2 Å². The van der Waals surface area contributed by atoms with Crippen molar-refractivity contribution in [1.82, 2.24) is 24.6 Å². The van der Waals surface area contributed by atoms with E-state index >= 15 is 0 Å². The van der Waals surface area contributed by atoms with Gasteiger partial charge in [-0.1, -0.05) is 11.6 Å². The Labute approximate surface area is 230 Å². The van der Waals surface area contributed by atoms with Gasteiger partial charge in [0.25, 0.3) is 6.43 Å². The van der Waals surface area contributed by atoms with Gasteiger partial charge in [-0.15, -0.1) is 10.2 Å². The highest BCUT2D eigenvalue weighted by Crippen LogP contribution is 2.57. The molecule has 0 N–H and O–H groups in total. The van der Waals surface area contributed by atoms with Crippen LogP contribution in [-0.2, 0) is 13.1 Å². The molecule has 1 saturated heterocycles. The van der Waals surface area contributed by atoms with Crippen LogP contribution < -0.4 is 4.90 Å². The fraction of sp³-hybridized carbons (Fsp3) is 0.519. The van der Waals surface area contributed by atoms with Crippen LogP contribution in [0.4, 0.5) is 32.2 Å². The number of anilines is 1. The van der Waals surface area contributed by atoms with Crippen molar-refractivity contribution in [2.75, 3.05) is 18.0 Å². The Morgan fingerprint density at radius 3 is 2.45 bits per heavy atom. The lowest BCUT2D eigenvalue weighted by Crippen LogP contribution is -2.62. The predicted octanol–water partition coefficient (Wildman–Crippen LogP) is 6.43. The summed E-state index contributed by atoms with van der Waals surface area (Å²) < 4.78 is 81.4. The first-order valence-electron chi connectivity index (χ1n) is 13.2. The van der Waals surface area contributed by atoms with Crippen molar-refractivity contribution in [2.45, 2.75) is 63.3 Å². The summed E-state index contributed by atoms with van der Waals surface area (Å²) in [4.78, 5) is 7.76. The van der Waals surface area contributed by atoms with Crippen molar-refractivity contribution in [3.8, 4) is 5.69 Å². The van der Waals surface area contributed by atoms with Crippen molar-refractivity contribution in [3.05, 3.63) is 64.1 Å². The highest BCUT2D eigenvalue weighted by molar-refractivity contribution is 6.30. The molecule has 0 unspecified atom stereocenters. The summed E-state index contributed by atoms with van der Waals surface area (Å²) in [6.45, 7) is 2.13. The lowest BCUT2D eigenvalue weighted by atomic mass is 9.57. The molecule has 0 radical (unpaired) electrons. The van der Waals surface area contributed by atoms with Crippen molar-refractivity contribution in [3.63, 3.8) is 0 Å². The van der Waals surface area contributed by atoms with E-state index in [2.05, 4.69) is 15.2 Å². The maximum atomic E-state index is 13.7. The predicted molar refractivity (Wildman–Crippen MR) is 134 cm³/mol. The summed E-state index contributed by atoms with van der Waals surface area (Å²) in [5, 5.41) is 9.57. The fourth-order valence-corrected chi connectivity index (χ4v) is 7.05. The second-order valence-electron chi connectivity index (χ2n) is 11.7. The highest BCUT2D eigenvalue weighted by Gasteiger charge is 2.55. The third-order valence-corrected chi connectivity index (χ3v) is 9.25. The number of hydrogen-bond donors (Lipinski definition) is 0. The van der Waals surface area contributed by atoms with Crippen molar-refractivity contribution < 1.29 is 26.3 Å². The summed E-state index contributed by atoms with van der Waals surface area (Å²) in [6.07, 6.45) is -5.35. The highest BCUT2D eigenvalue weighted by atomic mass is 35.5. The first kappa shape index (κ1) is 26.1. The summed E-state index contributed by atoms with van der Waals surface area (Å²) in [5.41, 5.74) is 0.972. The molecule has 2 saturated carbocycles. The molecular weight excluding hydrogens is 558 g/mol. The molecule has 0 bridgehead atoms. The average molecular weight is 583 g/mol. The maximum absolute atomic E-state index is 13.7. The number of alkyl halides is 5. The van der Waals surface area contributed by atoms with Crippen molar-refractivity contribution in [1.29, 1.82) is 0 Å². The van der Waals surface area contributed by atoms with Crippen LogP contribution in [0, 0.1) is 17.2 Å². The number of hydrogen-bond acceptors (Lipinski definition) is 5. The van der Waals surface area contributed by atoms with Gasteiger partial charge in [-0.3, -0.25) is 9.47 Å². The summed E-state index contributed by atoms with van der Waals surface area (Å²) in [6, 6.07) is 7.83. The number of aromatic nitrogens is 4. The molecule has 4 aliphatic rings. The monoisotopic (exact) mass is 582 g/mol. The van der Waals surface area contributed by atoms with Crippen LogP contribution in [0.3, 0.4) is 0 Å². The van der Waals surface area contributed by atoms with Gasteiger partial charge in [0.1, 0.15) is 17.3 Å². The Bertz CT molecular complexity index is 1450. The first-order chi connectivity index (χ1) is 19.0. The Hall–Kier alpha value is -2.86. The van der Waals surface area contributed by atoms with Crippen LogP contribution in [0.25, 0.3) is 5.69 Å².